The van der Waals surface area contributed by atoms with Crippen molar-refractivity contribution in [3.8, 4) is 0 Å². The maximum Gasteiger partial charge on any atom is 0.405 e. The summed E-state index contributed by atoms with van der Waals surface area (Å²) in [5.74, 6) is 2.57. The fourth-order valence-corrected chi connectivity index (χ4v) is 4.97. The molecular weight excluding hydrogens is 426 g/mol. The molecule has 30 heavy (non-hydrogen) atoms. The number of halogens is 1. The topological polar surface area (TPSA) is 98.7 Å². The van der Waals surface area contributed by atoms with Gasteiger partial charge in [-0.25, -0.2) is 14.8 Å². The number of carbonyl (C=O) groups is 2. The lowest BCUT2D eigenvalue weighted by Crippen LogP contribution is -2.55. The van der Waals surface area contributed by atoms with E-state index in [1.165, 1.54) is 5.56 Å². The lowest BCUT2D eigenvalue weighted by atomic mass is 10.0. The highest BCUT2D eigenvalue weighted by Gasteiger charge is 2.30. The van der Waals surface area contributed by atoms with Gasteiger partial charge >= 0.3 is 6.09 Å². The van der Waals surface area contributed by atoms with Gasteiger partial charge in [0.25, 0.3) is 0 Å². The Morgan fingerprint density at radius 2 is 1.87 bits per heavy atom. The van der Waals surface area contributed by atoms with Gasteiger partial charge in [0.1, 0.15) is 18.2 Å². The number of rotatable bonds is 5. The summed E-state index contributed by atoms with van der Waals surface area (Å²) in [6.45, 7) is 2.34. The van der Waals surface area contributed by atoms with E-state index in [2.05, 4.69) is 20.2 Å². The number of carbonyl (C=O) groups excluding carboxylic acids is 1. The number of nitrogens with zero attached hydrogens (tertiary/aromatic N) is 4. The van der Waals surface area contributed by atoms with Gasteiger partial charge < -0.3 is 20.2 Å². The maximum atomic E-state index is 13.1. The van der Waals surface area contributed by atoms with E-state index in [0.29, 0.717) is 31.2 Å². The fraction of sp³-hybridized carbons (Fsp3) is 0.400. The molecule has 0 aliphatic carbocycles. The van der Waals surface area contributed by atoms with Crippen LogP contribution < -0.4 is 10.2 Å². The Kier molecular flexibility index (Phi) is 6.29. The Hall–Kier alpha value is -2.52. The van der Waals surface area contributed by atoms with Crippen LogP contribution in [-0.2, 0) is 22.7 Å². The van der Waals surface area contributed by atoms with Gasteiger partial charge in [-0.3, -0.25) is 4.79 Å². The SMILES string of the molecule is O=C(O)NC(Cc1ccc(Cl)cc1)C(=O)N1CCN(c2ncnc3c2CSC3)CC1. The van der Waals surface area contributed by atoms with Crippen LogP contribution in [0, 0.1) is 0 Å². The molecule has 3 heterocycles. The minimum Gasteiger partial charge on any atom is -0.465 e. The van der Waals surface area contributed by atoms with Gasteiger partial charge in [0, 0.05) is 54.7 Å². The summed E-state index contributed by atoms with van der Waals surface area (Å²) in [6.07, 6.45) is 0.672. The average molecular weight is 448 g/mol. The van der Waals surface area contributed by atoms with E-state index >= 15 is 0 Å². The zero-order valence-electron chi connectivity index (χ0n) is 16.3. The number of hydrogen-bond donors (Lipinski definition) is 2. The largest absolute Gasteiger partial charge is 0.465 e. The molecule has 1 unspecified atom stereocenters. The van der Waals surface area contributed by atoms with Crippen LogP contribution in [0.4, 0.5) is 10.6 Å². The van der Waals surface area contributed by atoms with Gasteiger partial charge in [0.2, 0.25) is 5.91 Å². The zero-order chi connectivity index (χ0) is 21.1. The van der Waals surface area contributed by atoms with E-state index in [4.69, 9.17) is 11.6 Å². The first-order chi connectivity index (χ1) is 14.5. The van der Waals surface area contributed by atoms with Crippen molar-refractivity contribution >= 4 is 41.2 Å². The second-order valence-electron chi connectivity index (χ2n) is 7.26. The summed E-state index contributed by atoms with van der Waals surface area (Å²) in [5.41, 5.74) is 3.13. The zero-order valence-corrected chi connectivity index (χ0v) is 17.8. The van der Waals surface area contributed by atoms with Crippen LogP contribution in [0.3, 0.4) is 0 Å². The summed E-state index contributed by atoms with van der Waals surface area (Å²) in [5, 5.41) is 12.2. The van der Waals surface area contributed by atoms with E-state index in [1.807, 2.05) is 11.8 Å². The highest BCUT2D eigenvalue weighted by molar-refractivity contribution is 7.98. The van der Waals surface area contributed by atoms with Crippen LogP contribution in [0.2, 0.25) is 5.02 Å². The van der Waals surface area contributed by atoms with Crippen LogP contribution in [0.1, 0.15) is 16.8 Å². The normalized spacial score (nSPS) is 16.8. The molecule has 1 aromatic carbocycles. The van der Waals surface area contributed by atoms with Crippen molar-refractivity contribution in [2.75, 3.05) is 31.1 Å². The number of anilines is 1. The molecule has 1 fully saturated rings. The minimum atomic E-state index is -1.21. The highest BCUT2D eigenvalue weighted by atomic mass is 35.5. The molecule has 2 aliphatic rings. The summed E-state index contributed by atoms with van der Waals surface area (Å²) < 4.78 is 0. The van der Waals surface area contributed by atoms with E-state index in [-0.39, 0.29) is 12.3 Å². The molecule has 0 spiro atoms. The molecule has 158 valence electrons. The quantitative estimate of drug-likeness (QED) is 0.726. The lowest BCUT2D eigenvalue weighted by Gasteiger charge is -2.37. The van der Waals surface area contributed by atoms with Crippen LogP contribution in [0.25, 0.3) is 0 Å². The third-order valence-corrected chi connectivity index (χ3v) is 6.56. The van der Waals surface area contributed by atoms with Crippen molar-refractivity contribution in [3.05, 3.63) is 52.4 Å². The third-order valence-electron chi connectivity index (χ3n) is 5.34. The van der Waals surface area contributed by atoms with Crippen LogP contribution in [-0.4, -0.2) is 64.2 Å². The van der Waals surface area contributed by atoms with Gasteiger partial charge in [-0.2, -0.15) is 11.8 Å². The molecule has 0 radical (unpaired) electrons. The first-order valence-corrected chi connectivity index (χ1v) is 11.2. The molecule has 2 amide bonds. The van der Waals surface area contributed by atoms with Gasteiger partial charge in [-0.1, -0.05) is 23.7 Å². The van der Waals surface area contributed by atoms with E-state index in [0.717, 1.165) is 28.6 Å². The summed E-state index contributed by atoms with van der Waals surface area (Å²) >= 11 is 7.75. The van der Waals surface area contributed by atoms with Crippen molar-refractivity contribution in [3.63, 3.8) is 0 Å². The smallest absolute Gasteiger partial charge is 0.405 e. The molecule has 1 atom stereocenters. The maximum absolute atomic E-state index is 13.1. The first kappa shape index (κ1) is 20.7. The molecular formula is C20H22ClN5O3S. The molecule has 0 saturated carbocycles. The standard InChI is InChI=1S/C20H22ClN5O3S/c21-14-3-1-13(2-4-14)9-16(24-20(28)29)19(27)26-7-5-25(6-8-26)18-15-10-30-11-17(15)22-12-23-18/h1-4,12,16,24H,5-11H2,(H,28,29). The molecule has 2 aromatic rings. The van der Waals surface area contributed by atoms with E-state index < -0.39 is 12.1 Å². The first-order valence-electron chi connectivity index (χ1n) is 9.69. The Balaban J connectivity index is 1.42. The Morgan fingerprint density at radius 3 is 2.57 bits per heavy atom. The van der Waals surface area contributed by atoms with Crippen molar-refractivity contribution in [2.45, 2.75) is 24.0 Å². The van der Waals surface area contributed by atoms with Crippen molar-refractivity contribution < 1.29 is 14.7 Å². The minimum absolute atomic E-state index is 0.213. The number of carboxylic acid groups (broad SMARTS) is 1. The summed E-state index contributed by atoms with van der Waals surface area (Å²) in [6, 6.07) is 6.23. The third kappa shape index (κ3) is 4.62. The lowest BCUT2D eigenvalue weighted by molar-refractivity contribution is -0.133. The van der Waals surface area contributed by atoms with E-state index in [1.54, 1.807) is 35.5 Å². The van der Waals surface area contributed by atoms with Crippen molar-refractivity contribution in [1.82, 2.24) is 20.2 Å². The molecule has 1 aromatic heterocycles. The number of piperazine rings is 1. The second-order valence-corrected chi connectivity index (χ2v) is 8.68. The number of aromatic nitrogens is 2. The van der Waals surface area contributed by atoms with Crippen LogP contribution in [0.15, 0.2) is 30.6 Å². The summed E-state index contributed by atoms with van der Waals surface area (Å²) in [7, 11) is 0. The van der Waals surface area contributed by atoms with Gasteiger partial charge in [-0.05, 0) is 17.7 Å². The van der Waals surface area contributed by atoms with E-state index in [9.17, 15) is 14.7 Å². The Labute approximate surface area is 183 Å². The average Bonchev–Trinajstić information content (AvgIpc) is 3.23. The van der Waals surface area contributed by atoms with Crippen LogP contribution >= 0.6 is 23.4 Å². The predicted octanol–water partition coefficient (Wildman–Crippen LogP) is 2.40. The van der Waals surface area contributed by atoms with Gasteiger partial charge in [0.05, 0.1) is 5.69 Å². The van der Waals surface area contributed by atoms with Crippen molar-refractivity contribution in [2.24, 2.45) is 0 Å². The number of hydrogen-bond acceptors (Lipinski definition) is 6. The predicted molar refractivity (Wildman–Crippen MR) is 116 cm³/mol. The molecule has 10 heteroatoms. The second kappa shape index (κ2) is 9.09. The number of thioether (sulfide) groups is 1. The fourth-order valence-electron chi connectivity index (χ4n) is 3.80. The molecule has 2 aliphatic heterocycles. The number of nitrogens with one attached hydrogen (secondary N) is 1. The van der Waals surface area contributed by atoms with Gasteiger partial charge in [0.15, 0.2) is 0 Å². The Morgan fingerprint density at radius 1 is 1.13 bits per heavy atom. The molecule has 4 rings (SSSR count). The molecule has 2 N–H and O–H groups in total. The van der Waals surface area contributed by atoms with Crippen LogP contribution in [0.5, 0.6) is 0 Å². The monoisotopic (exact) mass is 447 g/mol. The molecule has 8 nitrogen and oxygen atoms in total. The number of benzene rings is 1. The molecule has 0 bridgehead atoms. The highest BCUT2D eigenvalue weighted by Crippen LogP contribution is 2.34. The Bertz CT molecular complexity index is 935. The number of fused-ring (bicyclic) bond motifs is 1. The van der Waals surface area contributed by atoms with Gasteiger partial charge in [-0.15, -0.1) is 0 Å². The molecule has 1 saturated heterocycles. The van der Waals surface area contributed by atoms with Crippen molar-refractivity contribution in [1.29, 1.82) is 0 Å². The summed E-state index contributed by atoms with van der Waals surface area (Å²) in [4.78, 5) is 37.1. The number of amides is 2.